The number of nitrogens with zero attached hydrogens (tertiary/aromatic N) is 2. The Bertz CT molecular complexity index is 440. The number of carbonyl (C=O) groups is 1. The molecule has 0 radical (unpaired) electrons. The monoisotopic (exact) mass is 286 g/mol. The molecule has 1 atom stereocenters. The second kappa shape index (κ2) is 7.25. The normalized spacial score (nSPS) is 12.3. The van der Waals surface area contributed by atoms with Crippen LogP contribution in [0.25, 0.3) is 0 Å². The first-order chi connectivity index (χ1) is 8.96. The van der Waals surface area contributed by atoms with E-state index in [1.165, 1.54) is 13.2 Å². The molecule has 1 rings (SSSR count). The third-order valence-electron chi connectivity index (χ3n) is 2.53. The summed E-state index contributed by atoms with van der Waals surface area (Å²) < 4.78 is 4.96. The summed E-state index contributed by atoms with van der Waals surface area (Å²) in [5, 5.41) is 2.81. The molecule has 1 aromatic heterocycles. The maximum atomic E-state index is 12.0. The summed E-state index contributed by atoms with van der Waals surface area (Å²) in [6.45, 7) is 4.35. The van der Waals surface area contributed by atoms with E-state index >= 15 is 0 Å². The summed E-state index contributed by atoms with van der Waals surface area (Å²) in [6.07, 6.45) is 0.708. The molecule has 7 heteroatoms. The molecular formula is C12H19ClN4O2. The van der Waals surface area contributed by atoms with Gasteiger partial charge in [-0.1, -0.05) is 25.4 Å². The lowest BCUT2D eigenvalue weighted by Gasteiger charge is -2.16. The molecule has 0 bridgehead atoms. The minimum atomic E-state index is -0.270. The molecule has 1 amide bonds. The zero-order valence-electron chi connectivity index (χ0n) is 11.3. The summed E-state index contributed by atoms with van der Waals surface area (Å²) in [7, 11) is 1.46. The van der Waals surface area contributed by atoms with Gasteiger partial charge in [-0.05, 0) is 12.3 Å². The fraction of sp³-hybridized carbons (Fsp3) is 0.583. The van der Waals surface area contributed by atoms with Gasteiger partial charge in [0.15, 0.2) is 0 Å². The van der Waals surface area contributed by atoms with Crippen LogP contribution in [0, 0.1) is 11.8 Å². The van der Waals surface area contributed by atoms with E-state index in [2.05, 4.69) is 15.3 Å². The van der Waals surface area contributed by atoms with Crippen molar-refractivity contribution in [3.05, 3.63) is 11.2 Å². The zero-order valence-corrected chi connectivity index (χ0v) is 12.1. The number of aromatic nitrogens is 2. The van der Waals surface area contributed by atoms with Crippen LogP contribution < -0.4 is 15.8 Å². The molecule has 0 saturated carbocycles. The quantitative estimate of drug-likeness (QED) is 0.777. The Balaban J connectivity index is 2.77. The lowest BCUT2D eigenvalue weighted by Crippen LogP contribution is -2.31. The molecule has 1 heterocycles. The SMILES string of the molecule is COc1cc(Cl)nc(NC(=O)C(CN)CC(C)C)n1. The number of hydrogen-bond acceptors (Lipinski definition) is 5. The summed E-state index contributed by atoms with van der Waals surface area (Å²) >= 11 is 5.80. The van der Waals surface area contributed by atoms with Crippen LogP contribution in [-0.4, -0.2) is 29.5 Å². The molecule has 0 spiro atoms. The van der Waals surface area contributed by atoms with E-state index in [-0.39, 0.29) is 29.5 Å². The van der Waals surface area contributed by atoms with E-state index in [0.717, 1.165) is 0 Å². The summed E-state index contributed by atoms with van der Waals surface area (Å²) in [5.41, 5.74) is 5.61. The average Bonchev–Trinajstić information content (AvgIpc) is 2.34. The largest absolute Gasteiger partial charge is 0.481 e. The van der Waals surface area contributed by atoms with Crippen molar-refractivity contribution >= 4 is 23.5 Å². The number of methoxy groups -OCH3 is 1. The molecule has 0 aliphatic carbocycles. The number of rotatable bonds is 6. The van der Waals surface area contributed by atoms with E-state index in [4.69, 9.17) is 22.1 Å². The van der Waals surface area contributed by atoms with Gasteiger partial charge in [-0.3, -0.25) is 10.1 Å². The van der Waals surface area contributed by atoms with Crippen molar-refractivity contribution in [3.63, 3.8) is 0 Å². The van der Waals surface area contributed by atoms with E-state index in [0.29, 0.717) is 18.2 Å². The van der Waals surface area contributed by atoms with Crippen LogP contribution in [0.4, 0.5) is 5.95 Å². The molecule has 0 saturated heterocycles. The summed E-state index contributed by atoms with van der Waals surface area (Å²) in [4.78, 5) is 20.0. The second-order valence-corrected chi connectivity index (χ2v) is 5.00. The molecule has 106 valence electrons. The van der Waals surface area contributed by atoms with Crippen molar-refractivity contribution in [3.8, 4) is 5.88 Å². The Morgan fingerprint density at radius 2 is 2.21 bits per heavy atom. The van der Waals surface area contributed by atoms with Crippen molar-refractivity contribution in [2.75, 3.05) is 19.0 Å². The van der Waals surface area contributed by atoms with Crippen LogP contribution >= 0.6 is 11.6 Å². The van der Waals surface area contributed by atoms with Crippen LogP contribution in [0.5, 0.6) is 5.88 Å². The lowest BCUT2D eigenvalue weighted by molar-refractivity contribution is -0.120. The molecule has 0 aliphatic heterocycles. The average molecular weight is 287 g/mol. The van der Waals surface area contributed by atoms with Crippen LogP contribution in [0.2, 0.25) is 5.15 Å². The Hall–Kier alpha value is -1.40. The van der Waals surface area contributed by atoms with Gasteiger partial charge in [-0.2, -0.15) is 4.98 Å². The fourth-order valence-electron chi connectivity index (χ4n) is 1.65. The Morgan fingerprint density at radius 3 is 2.74 bits per heavy atom. The number of nitrogens with one attached hydrogen (secondary N) is 1. The number of anilines is 1. The van der Waals surface area contributed by atoms with E-state index < -0.39 is 0 Å². The predicted octanol–water partition coefficient (Wildman–Crippen LogP) is 1.70. The van der Waals surface area contributed by atoms with Gasteiger partial charge in [0.25, 0.3) is 0 Å². The van der Waals surface area contributed by atoms with Crippen LogP contribution in [0.1, 0.15) is 20.3 Å². The van der Waals surface area contributed by atoms with Crippen molar-refractivity contribution in [2.24, 2.45) is 17.6 Å². The van der Waals surface area contributed by atoms with Gasteiger partial charge in [0.05, 0.1) is 13.0 Å². The highest BCUT2D eigenvalue weighted by molar-refractivity contribution is 6.29. The summed E-state index contributed by atoms with van der Waals surface area (Å²) in [5.74, 6) is 0.322. The standard InChI is InChI=1S/C12H19ClN4O2/c1-7(2)4-8(6-14)11(18)17-12-15-9(13)5-10(16-12)19-3/h5,7-8H,4,6,14H2,1-3H3,(H,15,16,17,18). The van der Waals surface area contributed by atoms with Gasteiger partial charge in [-0.15, -0.1) is 0 Å². The van der Waals surface area contributed by atoms with Crippen molar-refractivity contribution in [1.82, 2.24) is 9.97 Å². The first-order valence-electron chi connectivity index (χ1n) is 6.05. The third kappa shape index (κ3) is 5.00. The van der Waals surface area contributed by atoms with Gasteiger partial charge in [0, 0.05) is 12.6 Å². The highest BCUT2D eigenvalue weighted by Gasteiger charge is 2.19. The highest BCUT2D eigenvalue weighted by atomic mass is 35.5. The molecule has 1 aromatic rings. The van der Waals surface area contributed by atoms with Gasteiger partial charge in [-0.25, -0.2) is 4.98 Å². The molecule has 6 nitrogen and oxygen atoms in total. The number of halogens is 1. The second-order valence-electron chi connectivity index (χ2n) is 4.61. The summed E-state index contributed by atoms with van der Waals surface area (Å²) in [6, 6.07) is 1.46. The molecule has 0 fully saturated rings. The minimum Gasteiger partial charge on any atom is -0.481 e. The Labute approximate surface area is 117 Å². The molecular weight excluding hydrogens is 268 g/mol. The maximum Gasteiger partial charge on any atom is 0.234 e. The molecule has 0 aliphatic rings. The minimum absolute atomic E-state index is 0.122. The van der Waals surface area contributed by atoms with Gasteiger partial charge < -0.3 is 10.5 Å². The van der Waals surface area contributed by atoms with Gasteiger partial charge in [0.2, 0.25) is 17.7 Å². The van der Waals surface area contributed by atoms with Crippen molar-refractivity contribution in [1.29, 1.82) is 0 Å². The number of nitrogens with two attached hydrogens (primary N) is 1. The maximum absolute atomic E-state index is 12.0. The van der Waals surface area contributed by atoms with Crippen LogP contribution in [0.15, 0.2) is 6.07 Å². The first-order valence-corrected chi connectivity index (χ1v) is 6.43. The molecule has 1 unspecified atom stereocenters. The first kappa shape index (κ1) is 15.7. The molecule has 19 heavy (non-hydrogen) atoms. The number of carbonyl (C=O) groups excluding carboxylic acids is 1. The Kier molecular flexibility index (Phi) is 5.98. The topological polar surface area (TPSA) is 90.1 Å². The Morgan fingerprint density at radius 1 is 1.53 bits per heavy atom. The molecule has 3 N–H and O–H groups in total. The number of ether oxygens (including phenoxy) is 1. The zero-order chi connectivity index (χ0) is 14.4. The van der Waals surface area contributed by atoms with Crippen LogP contribution in [0.3, 0.4) is 0 Å². The van der Waals surface area contributed by atoms with E-state index in [1.807, 2.05) is 13.8 Å². The third-order valence-corrected chi connectivity index (χ3v) is 2.72. The van der Waals surface area contributed by atoms with Crippen LogP contribution in [-0.2, 0) is 4.79 Å². The van der Waals surface area contributed by atoms with E-state index in [1.54, 1.807) is 0 Å². The van der Waals surface area contributed by atoms with E-state index in [9.17, 15) is 4.79 Å². The van der Waals surface area contributed by atoms with Gasteiger partial charge in [0.1, 0.15) is 5.15 Å². The van der Waals surface area contributed by atoms with Gasteiger partial charge >= 0.3 is 0 Å². The fourth-order valence-corrected chi connectivity index (χ4v) is 1.82. The molecule has 0 aromatic carbocycles. The smallest absolute Gasteiger partial charge is 0.234 e. The highest BCUT2D eigenvalue weighted by Crippen LogP contribution is 2.17. The van der Waals surface area contributed by atoms with Crippen molar-refractivity contribution < 1.29 is 9.53 Å². The lowest BCUT2D eigenvalue weighted by atomic mass is 9.96. The number of amides is 1. The number of hydrogen-bond donors (Lipinski definition) is 2. The van der Waals surface area contributed by atoms with Crippen molar-refractivity contribution in [2.45, 2.75) is 20.3 Å². The predicted molar refractivity (Wildman–Crippen MR) is 74.2 cm³/mol.